The minimum atomic E-state index is 0.254. The Labute approximate surface area is 119 Å². The molecule has 3 heteroatoms. The summed E-state index contributed by atoms with van der Waals surface area (Å²) in [4.78, 5) is 2.80. The molecule has 19 heavy (non-hydrogen) atoms. The predicted molar refractivity (Wildman–Crippen MR) is 80.5 cm³/mol. The summed E-state index contributed by atoms with van der Waals surface area (Å²) in [6.45, 7) is 9.29. The minimum Gasteiger partial charge on any atom is -0.381 e. The van der Waals surface area contributed by atoms with Crippen LogP contribution in [0.3, 0.4) is 0 Å². The Morgan fingerprint density at radius 1 is 1.32 bits per heavy atom. The van der Waals surface area contributed by atoms with Crippen molar-refractivity contribution in [2.24, 2.45) is 0 Å². The van der Waals surface area contributed by atoms with Gasteiger partial charge in [-0.05, 0) is 46.0 Å². The van der Waals surface area contributed by atoms with Gasteiger partial charge in [0.15, 0.2) is 0 Å². The molecule has 0 spiro atoms. The van der Waals surface area contributed by atoms with E-state index in [0.717, 1.165) is 18.6 Å². The Balaban J connectivity index is 2.03. The summed E-state index contributed by atoms with van der Waals surface area (Å²) >= 11 is 0. The molecule has 0 bridgehead atoms. The minimum absolute atomic E-state index is 0.254. The molecular weight excluding hydrogens is 236 g/mol. The molecule has 0 aromatic heterocycles. The van der Waals surface area contributed by atoms with Crippen LogP contribution in [0.4, 0.5) is 0 Å². The topological polar surface area (TPSA) is 24.5 Å². The average molecular weight is 268 g/mol. The van der Waals surface area contributed by atoms with Crippen molar-refractivity contribution in [3.05, 3.63) is 0 Å². The third-order valence-electron chi connectivity index (χ3n) is 4.89. The molecular formula is C16H32N2O. The first-order chi connectivity index (χ1) is 9.05. The van der Waals surface area contributed by atoms with Crippen LogP contribution in [0.25, 0.3) is 0 Å². The molecule has 1 saturated heterocycles. The lowest BCUT2D eigenvalue weighted by atomic mass is 9.87. The SMILES string of the molecule is CCCC1CNC(C)(C)CN1C1CCCC(OC)C1. The molecule has 0 aromatic carbocycles. The quantitative estimate of drug-likeness (QED) is 0.848. The molecule has 3 atom stereocenters. The lowest BCUT2D eigenvalue weighted by molar-refractivity contribution is -0.0120. The fraction of sp³-hybridized carbons (Fsp3) is 1.00. The summed E-state index contributed by atoms with van der Waals surface area (Å²) in [6, 6.07) is 1.45. The molecule has 112 valence electrons. The third kappa shape index (κ3) is 3.93. The molecule has 2 aliphatic rings. The molecule has 0 aromatic rings. The fourth-order valence-electron chi connectivity index (χ4n) is 3.82. The highest BCUT2D eigenvalue weighted by atomic mass is 16.5. The fourth-order valence-corrected chi connectivity index (χ4v) is 3.82. The van der Waals surface area contributed by atoms with E-state index in [1.165, 1.54) is 45.1 Å². The van der Waals surface area contributed by atoms with E-state index in [9.17, 15) is 0 Å². The van der Waals surface area contributed by atoms with Gasteiger partial charge in [-0.25, -0.2) is 0 Å². The second-order valence-electron chi connectivity index (χ2n) is 7.06. The zero-order chi connectivity index (χ0) is 13.9. The number of piperazine rings is 1. The lowest BCUT2D eigenvalue weighted by Crippen LogP contribution is -2.64. The monoisotopic (exact) mass is 268 g/mol. The van der Waals surface area contributed by atoms with E-state index in [4.69, 9.17) is 4.74 Å². The Morgan fingerprint density at radius 2 is 2.11 bits per heavy atom. The zero-order valence-electron chi connectivity index (χ0n) is 13.2. The lowest BCUT2D eigenvalue weighted by Gasteiger charge is -2.50. The first-order valence-electron chi connectivity index (χ1n) is 8.09. The van der Waals surface area contributed by atoms with Gasteiger partial charge in [0.25, 0.3) is 0 Å². The average Bonchev–Trinajstić information content (AvgIpc) is 2.41. The highest BCUT2D eigenvalue weighted by Gasteiger charge is 2.37. The van der Waals surface area contributed by atoms with Crippen LogP contribution in [0.5, 0.6) is 0 Å². The summed E-state index contributed by atoms with van der Waals surface area (Å²) < 4.78 is 5.62. The van der Waals surface area contributed by atoms with E-state index in [1.54, 1.807) is 0 Å². The van der Waals surface area contributed by atoms with Crippen LogP contribution in [0, 0.1) is 0 Å². The molecule has 0 amide bonds. The summed E-state index contributed by atoms with van der Waals surface area (Å²) in [5.74, 6) is 0. The van der Waals surface area contributed by atoms with Gasteiger partial charge in [0.2, 0.25) is 0 Å². The van der Waals surface area contributed by atoms with Gasteiger partial charge >= 0.3 is 0 Å². The molecule has 1 aliphatic carbocycles. The summed E-state index contributed by atoms with van der Waals surface area (Å²) in [5.41, 5.74) is 0.254. The van der Waals surface area contributed by atoms with Gasteiger partial charge in [-0.3, -0.25) is 4.90 Å². The summed E-state index contributed by atoms with van der Waals surface area (Å²) in [7, 11) is 1.87. The first kappa shape index (κ1) is 15.3. The van der Waals surface area contributed by atoms with Crippen LogP contribution in [-0.2, 0) is 4.74 Å². The van der Waals surface area contributed by atoms with Gasteiger partial charge in [-0.2, -0.15) is 0 Å². The van der Waals surface area contributed by atoms with Crippen molar-refractivity contribution in [2.45, 2.75) is 83.0 Å². The largest absolute Gasteiger partial charge is 0.381 e. The molecule has 3 unspecified atom stereocenters. The number of hydrogen-bond acceptors (Lipinski definition) is 3. The highest BCUT2D eigenvalue weighted by molar-refractivity contribution is 4.96. The van der Waals surface area contributed by atoms with Crippen molar-refractivity contribution in [1.29, 1.82) is 0 Å². The Hall–Kier alpha value is -0.120. The molecule has 3 nitrogen and oxygen atoms in total. The van der Waals surface area contributed by atoms with Gasteiger partial charge in [0.1, 0.15) is 0 Å². The Morgan fingerprint density at radius 3 is 2.79 bits per heavy atom. The van der Waals surface area contributed by atoms with Crippen LogP contribution < -0.4 is 5.32 Å². The summed E-state index contributed by atoms with van der Waals surface area (Å²) in [6.07, 6.45) is 8.25. The van der Waals surface area contributed by atoms with Gasteiger partial charge in [-0.1, -0.05) is 13.3 Å². The van der Waals surface area contributed by atoms with E-state index in [2.05, 4.69) is 31.0 Å². The number of methoxy groups -OCH3 is 1. The molecule has 1 aliphatic heterocycles. The van der Waals surface area contributed by atoms with Crippen LogP contribution in [0.1, 0.15) is 59.3 Å². The molecule has 2 rings (SSSR count). The van der Waals surface area contributed by atoms with Crippen molar-refractivity contribution < 1.29 is 4.74 Å². The maximum Gasteiger partial charge on any atom is 0.0586 e. The second-order valence-corrected chi connectivity index (χ2v) is 7.06. The van der Waals surface area contributed by atoms with Crippen LogP contribution in [0.15, 0.2) is 0 Å². The molecule has 2 fully saturated rings. The Bertz CT molecular complexity index is 280. The van der Waals surface area contributed by atoms with E-state index in [1.807, 2.05) is 7.11 Å². The first-order valence-corrected chi connectivity index (χ1v) is 8.09. The number of hydrogen-bond donors (Lipinski definition) is 1. The molecule has 1 heterocycles. The van der Waals surface area contributed by atoms with Crippen molar-refractivity contribution >= 4 is 0 Å². The maximum atomic E-state index is 5.62. The van der Waals surface area contributed by atoms with Gasteiger partial charge in [0, 0.05) is 37.8 Å². The van der Waals surface area contributed by atoms with Gasteiger partial charge < -0.3 is 10.1 Å². The smallest absolute Gasteiger partial charge is 0.0586 e. The van der Waals surface area contributed by atoms with E-state index in [-0.39, 0.29) is 5.54 Å². The predicted octanol–water partition coefficient (Wildman–Crippen LogP) is 2.80. The van der Waals surface area contributed by atoms with Crippen LogP contribution in [0.2, 0.25) is 0 Å². The van der Waals surface area contributed by atoms with E-state index >= 15 is 0 Å². The maximum absolute atomic E-state index is 5.62. The van der Waals surface area contributed by atoms with Crippen molar-refractivity contribution in [3.63, 3.8) is 0 Å². The van der Waals surface area contributed by atoms with Crippen molar-refractivity contribution in [3.8, 4) is 0 Å². The second kappa shape index (κ2) is 6.55. The van der Waals surface area contributed by atoms with Crippen molar-refractivity contribution in [2.75, 3.05) is 20.2 Å². The van der Waals surface area contributed by atoms with Gasteiger partial charge in [-0.15, -0.1) is 0 Å². The third-order valence-corrected chi connectivity index (χ3v) is 4.89. The van der Waals surface area contributed by atoms with Crippen LogP contribution >= 0.6 is 0 Å². The van der Waals surface area contributed by atoms with Crippen LogP contribution in [-0.4, -0.2) is 48.8 Å². The summed E-state index contributed by atoms with van der Waals surface area (Å²) in [5, 5.41) is 3.71. The Kier molecular flexibility index (Phi) is 5.27. The number of nitrogens with zero attached hydrogens (tertiary/aromatic N) is 1. The molecule has 0 radical (unpaired) electrons. The normalized spacial score (nSPS) is 36.3. The van der Waals surface area contributed by atoms with E-state index < -0.39 is 0 Å². The van der Waals surface area contributed by atoms with Gasteiger partial charge in [0.05, 0.1) is 6.10 Å². The molecule has 1 saturated carbocycles. The number of rotatable bonds is 4. The zero-order valence-corrected chi connectivity index (χ0v) is 13.2. The van der Waals surface area contributed by atoms with Crippen molar-refractivity contribution in [1.82, 2.24) is 10.2 Å². The molecule has 1 N–H and O–H groups in total. The number of ether oxygens (including phenoxy) is 1. The standard InChI is InChI=1S/C16H32N2O/c1-5-7-14-11-17-16(2,3)12-18(14)13-8-6-9-15(10-13)19-4/h13-15,17H,5-12H2,1-4H3. The number of nitrogens with one attached hydrogen (secondary N) is 1. The van der Waals surface area contributed by atoms with E-state index in [0.29, 0.717) is 6.10 Å². The highest BCUT2D eigenvalue weighted by Crippen LogP contribution is 2.30.